The number of halogens is 1. The maximum atomic E-state index is 6.12. The molecule has 0 fully saturated rings. The van der Waals surface area contributed by atoms with E-state index in [-0.39, 0.29) is 0 Å². The first-order valence-electron chi connectivity index (χ1n) is 5.53. The van der Waals surface area contributed by atoms with Crippen molar-refractivity contribution in [3.8, 4) is 0 Å². The Bertz CT molecular complexity index is 338. The van der Waals surface area contributed by atoms with Crippen LogP contribution < -0.4 is 10.6 Å². The predicted molar refractivity (Wildman–Crippen MR) is 65.7 cm³/mol. The second kappa shape index (κ2) is 4.86. The predicted octanol–water partition coefficient (Wildman–Crippen LogP) is 2.53. The lowest BCUT2D eigenvalue weighted by Crippen LogP contribution is -2.32. The van der Waals surface area contributed by atoms with Crippen LogP contribution in [0.25, 0.3) is 0 Å². The Morgan fingerprint density at radius 2 is 2.40 bits per heavy atom. The van der Waals surface area contributed by atoms with Gasteiger partial charge in [0, 0.05) is 6.54 Å². The molecular formula is C12H17ClN2. The highest BCUT2D eigenvalue weighted by molar-refractivity contribution is 6.33. The number of nitrogens with one attached hydrogen (secondary N) is 2. The zero-order valence-electron chi connectivity index (χ0n) is 9.02. The molecule has 0 bridgehead atoms. The maximum Gasteiger partial charge on any atom is 0.0640 e. The molecule has 1 aromatic carbocycles. The van der Waals surface area contributed by atoms with Crippen LogP contribution in [0.5, 0.6) is 0 Å². The van der Waals surface area contributed by atoms with Gasteiger partial charge in [0.15, 0.2) is 0 Å². The molecule has 0 radical (unpaired) electrons. The third-order valence-electron chi connectivity index (χ3n) is 2.86. The summed E-state index contributed by atoms with van der Waals surface area (Å²) in [5, 5.41) is 7.65. The van der Waals surface area contributed by atoms with Crippen molar-refractivity contribution in [3.63, 3.8) is 0 Å². The van der Waals surface area contributed by atoms with Crippen molar-refractivity contribution >= 4 is 17.3 Å². The van der Waals surface area contributed by atoms with Crippen molar-refractivity contribution in [1.82, 2.24) is 5.32 Å². The molecule has 0 spiro atoms. The molecule has 0 aromatic heterocycles. The number of benzene rings is 1. The highest BCUT2D eigenvalue weighted by atomic mass is 35.5. The first-order chi connectivity index (χ1) is 7.31. The maximum absolute atomic E-state index is 6.12. The van der Waals surface area contributed by atoms with Crippen molar-refractivity contribution in [2.24, 2.45) is 5.92 Å². The Labute approximate surface area is 96.0 Å². The summed E-state index contributed by atoms with van der Waals surface area (Å²) in [6, 6.07) is 6.13. The van der Waals surface area contributed by atoms with Gasteiger partial charge in [0.1, 0.15) is 0 Å². The molecule has 1 aliphatic heterocycles. The van der Waals surface area contributed by atoms with Crippen LogP contribution in [0.15, 0.2) is 18.2 Å². The van der Waals surface area contributed by atoms with Crippen LogP contribution in [-0.2, 0) is 6.42 Å². The SMILES string of the molecule is CCNCC1CNc2c(Cl)cccc2C1. The number of fused-ring (bicyclic) bond motifs is 1. The first kappa shape index (κ1) is 10.8. The Hall–Kier alpha value is -0.730. The molecule has 2 N–H and O–H groups in total. The molecule has 0 saturated carbocycles. The van der Waals surface area contributed by atoms with Gasteiger partial charge in [-0.1, -0.05) is 30.7 Å². The van der Waals surface area contributed by atoms with Crippen LogP contribution in [0.1, 0.15) is 12.5 Å². The van der Waals surface area contributed by atoms with E-state index in [4.69, 9.17) is 11.6 Å². The van der Waals surface area contributed by atoms with Crippen LogP contribution in [-0.4, -0.2) is 19.6 Å². The Morgan fingerprint density at radius 1 is 1.53 bits per heavy atom. The fourth-order valence-electron chi connectivity index (χ4n) is 2.06. The van der Waals surface area contributed by atoms with Crippen molar-refractivity contribution in [2.75, 3.05) is 25.0 Å². The standard InChI is InChI=1S/C12H17ClN2/c1-2-14-7-9-6-10-4-3-5-11(13)12(10)15-8-9/h3-5,9,14-15H,2,6-8H2,1H3. The minimum atomic E-state index is 0.677. The van der Waals surface area contributed by atoms with Crippen LogP contribution in [0.4, 0.5) is 5.69 Å². The van der Waals surface area contributed by atoms with E-state index in [2.05, 4.69) is 23.6 Å². The Balaban J connectivity index is 2.07. The van der Waals surface area contributed by atoms with Gasteiger partial charge in [-0.15, -0.1) is 0 Å². The molecule has 1 heterocycles. The molecule has 1 atom stereocenters. The largest absolute Gasteiger partial charge is 0.383 e. The van der Waals surface area contributed by atoms with E-state index in [0.717, 1.165) is 36.8 Å². The van der Waals surface area contributed by atoms with E-state index in [1.54, 1.807) is 0 Å². The highest BCUT2D eigenvalue weighted by Gasteiger charge is 2.18. The van der Waals surface area contributed by atoms with E-state index in [1.165, 1.54) is 5.56 Å². The summed E-state index contributed by atoms with van der Waals surface area (Å²) in [6.45, 7) is 5.28. The molecular weight excluding hydrogens is 208 g/mol. The summed E-state index contributed by atoms with van der Waals surface area (Å²) in [6.07, 6.45) is 1.12. The van der Waals surface area contributed by atoms with E-state index < -0.39 is 0 Å². The molecule has 0 amide bonds. The Morgan fingerprint density at radius 3 is 3.20 bits per heavy atom. The molecule has 2 rings (SSSR count). The lowest BCUT2D eigenvalue weighted by molar-refractivity contribution is 0.492. The van der Waals surface area contributed by atoms with Gasteiger partial charge in [-0.2, -0.15) is 0 Å². The lowest BCUT2D eigenvalue weighted by Gasteiger charge is -2.27. The number of para-hydroxylation sites is 1. The van der Waals surface area contributed by atoms with E-state index in [0.29, 0.717) is 5.92 Å². The van der Waals surface area contributed by atoms with Crippen molar-refractivity contribution < 1.29 is 0 Å². The zero-order chi connectivity index (χ0) is 10.7. The average molecular weight is 225 g/mol. The zero-order valence-corrected chi connectivity index (χ0v) is 9.77. The number of rotatable bonds is 3. The fraction of sp³-hybridized carbons (Fsp3) is 0.500. The van der Waals surface area contributed by atoms with Crippen LogP contribution in [0, 0.1) is 5.92 Å². The minimum absolute atomic E-state index is 0.677. The van der Waals surface area contributed by atoms with Gasteiger partial charge in [0.2, 0.25) is 0 Å². The van der Waals surface area contributed by atoms with Gasteiger partial charge in [-0.3, -0.25) is 0 Å². The average Bonchev–Trinajstić information content (AvgIpc) is 2.26. The van der Waals surface area contributed by atoms with Crippen LogP contribution >= 0.6 is 11.6 Å². The fourth-order valence-corrected chi connectivity index (χ4v) is 2.32. The summed E-state index contributed by atoms with van der Waals surface area (Å²) in [4.78, 5) is 0. The number of hydrogen-bond donors (Lipinski definition) is 2. The molecule has 1 unspecified atom stereocenters. The van der Waals surface area contributed by atoms with E-state index >= 15 is 0 Å². The van der Waals surface area contributed by atoms with Gasteiger partial charge < -0.3 is 10.6 Å². The van der Waals surface area contributed by atoms with Gasteiger partial charge in [0.05, 0.1) is 10.7 Å². The normalized spacial score (nSPS) is 19.5. The van der Waals surface area contributed by atoms with Crippen LogP contribution in [0.2, 0.25) is 5.02 Å². The van der Waals surface area contributed by atoms with Gasteiger partial charge in [-0.25, -0.2) is 0 Å². The third kappa shape index (κ3) is 2.44. The minimum Gasteiger partial charge on any atom is -0.383 e. The molecule has 0 aliphatic carbocycles. The summed E-state index contributed by atoms with van der Waals surface area (Å²) < 4.78 is 0. The molecule has 15 heavy (non-hydrogen) atoms. The van der Waals surface area contributed by atoms with Crippen molar-refractivity contribution in [3.05, 3.63) is 28.8 Å². The second-order valence-electron chi connectivity index (χ2n) is 4.03. The first-order valence-corrected chi connectivity index (χ1v) is 5.91. The molecule has 2 nitrogen and oxygen atoms in total. The topological polar surface area (TPSA) is 24.1 Å². The summed E-state index contributed by atoms with van der Waals surface area (Å²) in [7, 11) is 0. The Kier molecular flexibility index (Phi) is 3.49. The van der Waals surface area contributed by atoms with Gasteiger partial charge >= 0.3 is 0 Å². The van der Waals surface area contributed by atoms with Gasteiger partial charge in [-0.05, 0) is 37.1 Å². The highest BCUT2D eigenvalue weighted by Crippen LogP contribution is 2.31. The number of hydrogen-bond acceptors (Lipinski definition) is 2. The van der Waals surface area contributed by atoms with Crippen LogP contribution in [0.3, 0.4) is 0 Å². The van der Waals surface area contributed by atoms with E-state index in [9.17, 15) is 0 Å². The second-order valence-corrected chi connectivity index (χ2v) is 4.44. The molecule has 82 valence electrons. The molecule has 1 aromatic rings. The third-order valence-corrected chi connectivity index (χ3v) is 3.17. The molecule has 1 aliphatic rings. The van der Waals surface area contributed by atoms with E-state index in [1.807, 2.05) is 12.1 Å². The smallest absolute Gasteiger partial charge is 0.0640 e. The molecule has 0 saturated heterocycles. The monoisotopic (exact) mass is 224 g/mol. The number of anilines is 1. The lowest BCUT2D eigenvalue weighted by atomic mass is 9.94. The quantitative estimate of drug-likeness (QED) is 0.825. The van der Waals surface area contributed by atoms with Crippen molar-refractivity contribution in [2.45, 2.75) is 13.3 Å². The summed E-state index contributed by atoms with van der Waals surface area (Å²) in [5.74, 6) is 0.677. The van der Waals surface area contributed by atoms with Crippen molar-refractivity contribution in [1.29, 1.82) is 0 Å². The van der Waals surface area contributed by atoms with Gasteiger partial charge in [0.25, 0.3) is 0 Å². The molecule has 3 heteroatoms. The summed E-state index contributed by atoms with van der Waals surface area (Å²) >= 11 is 6.12. The summed E-state index contributed by atoms with van der Waals surface area (Å²) in [5.41, 5.74) is 2.48.